The number of rotatable bonds is 4. The predicted octanol–water partition coefficient (Wildman–Crippen LogP) is 3.96. The highest BCUT2D eigenvalue weighted by molar-refractivity contribution is 5.81. The maximum atomic E-state index is 6.74. The molecular formula is C16H19N3O. The number of nitrogens with one attached hydrogen (secondary N) is 1. The maximum Gasteiger partial charge on any atom is 0.150 e. The fourth-order valence-corrected chi connectivity index (χ4v) is 1.82. The molecule has 4 nitrogen and oxygen atoms in total. The number of aromatic nitrogens is 2. The summed E-state index contributed by atoms with van der Waals surface area (Å²) < 4.78 is 5.79. The van der Waals surface area contributed by atoms with Gasteiger partial charge in [-0.2, -0.15) is 0 Å². The number of pyridine rings is 1. The molecule has 2 heterocycles. The highest BCUT2D eigenvalue weighted by Gasteiger charge is 2.12. The molecule has 0 aliphatic carbocycles. The molecule has 0 aliphatic heterocycles. The zero-order valence-corrected chi connectivity index (χ0v) is 12.1. The normalized spacial score (nSPS) is 11.9. The third-order valence-electron chi connectivity index (χ3n) is 2.78. The number of aromatic amines is 1. The van der Waals surface area contributed by atoms with Gasteiger partial charge in [0.2, 0.25) is 0 Å². The Hall–Kier alpha value is -2.28. The van der Waals surface area contributed by atoms with E-state index >= 15 is 0 Å². The van der Waals surface area contributed by atoms with Gasteiger partial charge in [0.05, 0.1) is 19.4 Å². The Labute approximate surface area is 119 Å². The number of fused-ring (bicyclic) bond motifs is 1. The van der Waals surface area contributed by atoms with Crippen LogP contribution in [0, 0.1) is 12.0 Å². The molecule has 0 aliphatic rings. The molecule has 0 bridgehead atoms. The van der Waals surface area contributed by atoms with Crippen LogP contribution in [-0.4, -0.2) is 16.6 Å². The molecule has 0 saturated carbocycles. The van der Waals surface area contributed by atoms with Crippen LogP contribution in [0.2, 0.25) is 0 Å². The van der Waals surface area contributed by atoms with Crippen molar-refractivity contribution in [2.45, 2.75) is 27.2 Å². The molecule has 2 rings (SSSR count). The summed E-state index contributed by atoms with van der Waals surface area (Å²) >= 11 is 0. The van der Waals surface area contributed by atoms with Crippen LogP contribution in [0.5, 0.6) is 5.75 Å². The molecule has 0 saturated heterocycles. The Morgan fingerprint density at radius 3 is 2.95 bits per heavy atom. The maximum absolute atomic E-state index is 6.74. The van der Waals surface area contributed by atoms with E-state index < -0.39 is 0 Å². The molecule has 104 valence electrons. The van der Waals surface area contributed by atoms with E-state index in [1.54, 1.807) is 6.20 Å². The lowest BCUT2D eigenvalue weighted by molar-refractivity contribution is 0.197. The first-order valence-electron chi connectivity index (χ1n) is 6.60. The minimum atomic E-state index is 0.119. The topological polar surface area (TPSA) is 42.3 Å². The number of ether oxygens (including phenoxy) is 1. The molecule has 0 spiro atoms. The van der Waals surface area contributed by atoms with E-state index in [2.05, 4.69) is 35.6 Å². The standard InChI is InChI=1S/C16H19N3O/c1-16(2,3)11-20-13-8-14-12(6-5-7-17-4)9-18-15(14)19-10-13/h5,7-10H,6,11H2,1-3H3,(H,18,19)/b7-5-. The van der Waals surface area contributed by atoms with Crippen molar-refractivity contribution in [1.82, 2.24) is 9.97 Å². The van der Waals surface area contributed by atoms with Gasteiger partial charge >= 0.3 is 0 Å². The zero-order valence-electron chi connectivity index (χ0n) is 12.1. The number of hydrogen-bond donors (Lipinski definition) is 1. The predicted molar refractivity (Wildman–Crippen MR) is 80.5 cm³/mol. The van der Waals surface area contributed by atoms with Gasteiger partial charge in [0.1, 0.15) is 11.4 Å². The molecule has 0 aromatic carbocycles. The first-order chi connectivity index (χ1) is 9.49. The third-order valence-corrected chi connectivity index (χ3v) is 2.78. The van der Waals surface area contributed by atoms with Crippen molar-refractivity contribution in [3.05, 3.63) is 47.7 Å². The van der Waals surface area contributed by atoms with Gasteiger partial charge < -0.3 is 9.72 Å². The smallest absolute Gasteiger partial charge is 0.150 e. The summed E-state index contributed by atoms with van der Waals surface area (Å²) in [6.45, 7) is 13.8. The summed E-state index contributed by atoms with van der Waals surface area (Å²) in [6, 6.07) is 2.01. The molecule has 2 aromatic rings. The highest BCUT2D eigenvalue weighted by Crippen LogP contribution is 2.24. The molecule has 0 fully saturated rings. The molecule has 1 N–H and O–H groups in total. The van der Waals surface area contributed by atoms with Crippen molar-refractivity contribution in [1.29, 1.82) is 0 Å². The van der Waals surface area contributed by atoms with Crippen LogP contribution < -0.4 is 4.74 Å². The number of allylic oxidation sites excluding steroid dienone is 1. The summed E-state index contributed by atoms with van der Waals surface area (Å²) in [4.78, 5) is 10.7. The van der Waals surface area contributed by atoms with Crippen LogP contribution in [0.25, 0.3) is 15.9 Å². The summed E-state index contributed by atoms with van der Waals surface area (Å²) in [5, 5.41) is 1.05. The van der Waals surface area contributed by atoms with Gasteiger partial charge in [-0.15, -0.1) is 0 Å². The first-order valence-corrected chi connectivity index (χ1v) is 6.60. The van der Waals surface area contributed by atoms with Crippen LogP contribution in [0.1, 0.15) is 26.3 Å². The van der Waals surface area contributed by atoms with Crippen LogP contribution in [0.15, 0.2) is 30.7 Å². The highest BCUT2D eigenvalue weighted by atomic mass is 16.5. The van der Waals surface area contributed by atoms with Gasteiger partial charge in [-0.05, 0) is 23.5 Å². The van der Waals surface area contributed by atoms with Gasteiger partial charge in [0.15, 0.2) is 6.20 Å². The lowest BCUT2D eigenvalue weighted by atomic mass is 9.99. The Kier molecular flexibility index (Phi) is 4.09. The summed E-state index contributed by atoms with van der Waals surface area (Å²) in [5.74, 6) is 0.780. The number of hydrogen-bond acceptors (Lipinski definition) is 2. The molecule has 0 radical (unpaired) electrons. The molecule has 20 heavy (non-hydrogen) atoms. The second kappa shape index (κ2) is 5.79. The van der Waals surface area contributed by atoms with Crippen LogP contribution in [0.4, 0.5) is 0 Å². The third kappa shape index (κ3) is 3.61. The summed E-state index contributed by atoms with van der Waals surface area (Å²) in [7, 11) is 0. The van der Waals surface area contributed by atoms with Crippen molar-refractivity contribution in [2.75, 3.05) is 6.61 Å². The lowest BCUT2D eigenvalue weighted by Gasteiger charge is -2.18. The Balaban J connectivity index is 2.21. The second-order valence-electron chi connectivity index (χ2n) is 5.95. The van der Waals surface area contributed by atoms with Gasteiger partial charge in [0.25, 0.3) is 0 Å². The van der Waals surface area contributed by atoms with Crippen LogP contribution in [0.3, 0.4) is 0 Å². The largest absolute Gasteiger partial charge is 0.491 e. The van der Waals surface area contributed by atoms with E-state index in [1.807, 2.05) is 18.3 Å². The van der Waals surface area contributed by atoms with E-state index in [0.29, 0.717) is 13.0 Å². The quantitative estimate of drug-likeness (QED) is 0.853. The molecule has 0 unspecified atom stereocenters. The fourth-order valence-electron chi connectivity index (χ4n) is 1.82. The average molecular weight is 269 g/mol. The van der Waals surface area contributed by atoms with Crippen LogP contribution >= 0.6 is 0 Å². The van der Waals surface area contributed by atoms with E-state index in [4.69, 9.17) is 11.3 Å². The minimum absolute atomic E-state index is 0.119. The van der Waals surface area contributed by atoms with Crippen molar-refractivity contribution in [3.8, 4) is 5.75 Å². The van der Waals surface area contributed by atoms with Gasteiger partial charge in [0, 0.05) is 11.6 Å². The summed E-state index contributed by atoms with van der Waals surface area (Å²) in [5.41, 5.74) is 2.09. The Morgan fingerprint density at radius 1 is 1.45 bits per heavy atom. The summed E-state index contributed by atoms with van der Waals surface area (Å²) in [6.07, 6.45) is 7.71. The van der Waals surface area contributed by atoms with Gasteiger partial charge in [-0.1, -0.05) is 26.8 Å². The minimum Gasteiger partial charge on any atom is -0.491 e. The van der Waals surface area contributed by atoms with E-state index in [1.165, 1.54) is 6.20 Å². The zero-order chi connectivity index (χ0) is 14.6. The molecule has 0 amide bonds. The fraction of sp³-hybridized carbons (Fsp3) is 0.375. The molecule has 0 atom stereocenters. The monoisotopic (exact) mass is 269 g/mol. The van der Waals surface area contributed by atoms with Crippen molar-refractivity contribution in [2.24, 2.45) is 5.41 Å². The molecular weight excluding hydrogens is 250 g/mol. The molecule has 4 heteroatoms. The van der Waals surface area contributed by atoms with Gasteiger partial charge in [-0.3, -0.25) is 0 Å². The Bertz CT molecular complexity index is 656. The second-order valence-corrected chi connectivity index (χ2v) is 5.95. The van der Waals surface area contributed by atoms with Crippen molar-refractivity contribution < 1.29 is 4.74 Å². The average Bonchev–Trinajstić information content (AvgIpc) is 2.79. The Morgan fingerprint density at radius 2 is 2.25 bits per heavy atom. The first kappa shape index (κ1) is 14.1. The number of nitrogens with zero attached hydrogens (tertiary/aromatic N) is 2. The lowest BCUT2D eigenvalue weighted by Crippen LogP contribution is -2.16. The number of H-pyrrole nitrogens is 1. The van der Waals surface area contributed by atoms with Crippen molar-refractivity contribution in [3.63, 3.8) is 0 Å². The van der Waals surface area contributed by atoms with Crippen LogP contribution in [-0.2, 0) is 6.42 Å². The van der Waals surface area contributed by atoms with Crippen molar-refractivity contribution >= 4 is 11.0 Å². The van der Waals surface area contributed by atoms with E-state index in [0.717, 1.165) is 22.3 Å². The van der Waals surface area contributed by atoms with E-state index in [-0.39, 0.29) is 5.41 Å². The van der Waals surface area contributed by atoms with Gasteiger partial charge in [-0.25, -0.2) is 9.83 Å². The molecule has 2 aromatic heterocycles. The van der Waals surface area contributed by atoms with E-state index in [9.17, 15) is 0 Å². The SMILES string of the molecule is [C-]#[N+]/C=C\Cc1c[nH]c2ncc(OCC(C)(C)C)cc12.